The van der Waals surface area contributed by atoms with Gasteiger partial charge in [-0.15, -0.1) is 13.2 Å². The summed E-state index contributed by atoms with van der Waals surface area (Å²) >= 11 is 3.23. The smallest absolute Gasteiger partial charge is 0.406 e. The molecule has 2 rings (SSSR count). The third-order valence-electron chi connectivity index (χ3n) is 2.64. The van der Waals surface area contributed by atoms with Crippen LogP contribution in [0.25, 0.3) is 0 Å². The van der Waals surface area contributed by atoms with E-state index in [1.165, 1.54) is 18.6 Å². The predicted octanol–water partition coefficient (Wildman–Crippen LogP) is 4.31. The SMILES string of the molecule is FC(F)(F)Oc1ccc(NC2CCC2)c(Br)c1. The Labute approximate surface area is 105 Å². The summed E-state index contributed by atoms with van der Waals surface area (Å²) < 4.78 is 40.4. The van der Waals surface area contributed by atoms with Crippen LogP contribution in [0.15, 0.2) is 22.7 Å². The monoisotopic (exact) mass is 309 g/mol. The second-order valence-corrected chi connectivity index (χ2v) is 4.82. The maximum absolute atomic E-state index is 12.0. The number of ether oxygens (including phenoxy) is 1. The zero-order chi connectivity index (χ0) is 12.5. The minimum absolute atomic E-state index is 0.219. The van der Waals surface area contributed by atoms with Crippen LogP contribution >= 0.6 is 15.9 Å². The Morgan fingerprint density at radius 2 is 2.00 bits per heavy atom. The Balaban J connectivity index is 2.05. The lowest BCUT2D eigenvalue weighted by Crippen LogP contribution is -2.27. The summed E-state index contributed by atoms with van der Waals surface area (Å²) in [7, 11) is 0. The van der Waals surface area contributed by atoms with Crippen molar-refractivity contribution in [1.82, 2.24) is 0 Å². The lowest BCUT2D eigenvalue weighted by atomic mass is 9.93. The minimum atomic E-state index is -4.65. The van der Waals surface area contributed by atoms with Gasteiger partial charge >= 0.3 is 6.36 Å². The van der Waals surface area contributed by atoms with Crippen LogP contribution in [0.4, 0.5) is 18.9 Å². The van der Waals surface area contributed by atoms with Gasteiger partial charge in [-0.2, -0.15) is 0 Å². The number of alkyl halides is 3. The molecule has 0 bridgehead atoms. The second-order valence-electron chi connectivity index (χ2n) is 3.96. The maximum atomic E-state index is 12.0. The molecule has 0 saturated heterocycles. The third kappa shape index (κ3) is 3.52. The van der Waals surface area contributed by atoms with Crippen molar-refractivity contribution in [3.63, 3.8) is 0 Å². The van der Waals surface area contributed by atoms with E-state index in [0.29, 0.717) is 10.5 Å². The quantitative estimate of drug-likeness (QED) is 0.898. The van der Waals surface area contributed by atoms with Crippen molar-refractivity contribution < 1.29 is 17.9 Å². The van der Waals surface area contributed by atoms with Crippen molar-refractivity contribution in [1.29, 1.82) is 0 Å². The number of rotatable bonds is 3. The van der Waals surface area contributed by atoms with Crippen LogP contribution in [0.1, 0.15) is 19.3 Å². The molecule has 6 heteroatoms. The summed E-state index contributed by atoms with van der Waals surface area (Å²) in [5, 5.41) is 3.25. The molecule has 1 N–H and O–H groups in total. The Hall–Kier alpha value is -0.910. The van der Waals surface area contributed by atoms with E-state index in [1.54, 1.807) is 6.07 Å². The molecule has 1 aliphatic carbocycles. The van der Waals surface area contributed by atoms with Crippen LogP contribution < -0.4 is 10.1 Å². The molecule has 0 radical (unpaired) electrons. The molecule has 0 aliphatic heterocycles. The lowest BCUT2D eigenvalue weighted by Gasteiger charge is -2.28. The molecule has 94 valence electrons. The van der Waals surface area contributed by atoms with E-state index >= 15 is 0 Å². The third-order valence-corrected chi connectivity index (χ3v) is 3.30. The van der Waals surface area contributed by atoms with Crippen molar-refractivity contribution in [3.8, 4) is 5.75 Å². The topological polar surface area (TPSA) is 21.3 Å². The van der Waals surface area contributed by atoms with Gasteiger partial charge in [-0.05, 0) is 53.4 Å². The predicted molar refractivity (Wildman–Crippen MR) is 62.1 cm³/mol. The fourth-order valence-corrected chi connectivity index (χ4v) is 2.05. The molecule has 1 aromatic carbocycles. The molecular weight excluding hydrogens is 299 g/mol. The number of hydrogen-bond donors (Lipinski definition) is 1. The molecule has 1 aliphatic rings. The van der Waals surface area contributed by atoms with Gasteiger partial charge in [0, 0.05) is 16.2 Å². The largest absolute Gasteiger partial charge is 0.573 e. The van der Waals surface area contributed by atoms with E-state index in [9.17, 15) is 13.2 Å². The van der Waals surface area contributed by atoms with Gasteiger partial charge in [0.1, 0.15) is 5.75 Å². The highest BCUT2D eigenvalue weighted by atomic mass is 79.9. The van der Waals surface area contributed by atoms with Crippen LogP contribution in [-0.4, -0.2) is 12.4 Å². The van der Waals surface area contributed by atoms with E-state index in [4.69, 9.17) is 0 Å². The van der Waals surface area contributed by atoms with Crippen molar-refractivity contribution >= 4 is 21.6 Å². The normalized spacial score (nSPS) is 16.5. The summed E-state index contributed by atoms with van der Waals surface area (Å²) in [4.78, 5) is 0. The summed E-state index contributed by atoms with van der Waals surface area (Å²) in [5.41, 5.74) is 0.796. The number of nitrogens with one attached hydrogen (secondary N) is 1. The van der Waals surface area contributed by atoms with Gasteiger partial charge in [0.15, 0.2) is 0 Å². The number of anilines is 1. The first-order valence-corrected chi connectivity index (χ1v) is 6.05. The van der Waals surface area contributed by atoms with E-state index < -0.39 is 6.36 Å². The highest BCUT2D eigenvalue weighted by Crippen LogP contribution is 2.32. The van der Waals surface area contributed by atoms with Crippen LogP contribution in [0.2, 0.25) is 0 Å². The van der Waals surface area contributed by atoms with E-state index in [1.807, 2.05) is 0 Å². The molecule has 17 heavy (non-hydrogen) atoms. The Morgan fingerprint density at radius 3 is 2.47 bits per heavy atom. The molecule has 0 atom stereocenters. The first-order chi connectivity index (χ1) is 7.94. The van der Waals surface area contributed by atoms with Gasteiger partial charge in [0.25, 0.3) is 0 Å². The molecule has 0 heterocycles. The average molecular weight is 310 g/mol. The van der Waals surface area contributed by atoms with Crippen LogP contribution in [0, 0.1) is 0 Å². The van der Waals surface area contributed by atoms with Gasteiger partial charge in [-0.25, -0.2) is 0 Å². The Bertz CT molecular complexity index is 404. The van der Waals surface area contributed by atoms with Gasteiger partial charge in [0.05, 0.1) is 0 Å². The molecule has 1 aromatic rings. The zero-order valence-electron chi connectivity index (χ0n) is 8.85. The fraction of sp³-hybridized carbons (Fsp3) is 0.455. The van der Waals surface area contributed by atoms with Crippen molar-refractivity contribution in [2.24, 2.45) is 0 Å². The van der Waals surface area contributed by atoms with Gasteiger partial charge in [0.2, 0.25) is 0 Å². The number of hydrogen-bond acceptors (Lipinski definition) is 2. The number of halogens is 4. The molecule has 2 nitrogen and oxygen atoms in total. The molecular formula is C11H11BrF3NO. The maximum Gasteiger partial charge on any atom is 0.573 e. The van der Waals surface area contributed by atoms with Crippen molar-refractivity contribution in [2.75, 3.05) is 5.32 Å². The second kappa shape index (κ2) is 4.76. The zero-order valence-corrected chi connectivity index (χ0v) is 10.4. The highest BCUT2D eigenvalue weighted by molar-refractivity contribution is 9.10. The Kier molecular flexibility index (Phi) is 3.51. The van der Waals surface area contributed by atoms with Gasteiger partial charge in [-0.1, -0.05) is 0 Å². The van der Waals surface area contributed by atoms with Crippen LogP contribution in [-0.2, 0) is 0 Å². The number of benzene rings is 1. The average Bonchev–Trinajstić information content (AvgIpc) is 2.11. The summed E-state index contributed by atoms with van der Waals surface area (Å²) in [6.07, 6.45) is -1.24. The summed E-state index contributed by atoms with van der Waals surface area (Å²) in [6, 6.07) is 4.64. The first-order valence-electron chi connectivity index (χ1n) is 5.26. The summed E-state index contributed by atoms with van der Waals surface area (Å²) in [6.45, 7) is 0. The molecule has 1 fully saturated rings. The van der Waals surface area contributed by atoms with Gasteiger partial charge in [-0.3, -0.25) is 0 Å². The Morgan fingerprint density at radius 1 is 1.29 bits per heavy atom. The summed E-state index contributed by atoms with van der Waals surface area (Å²) in [5.74, 6) is -0.219. The van der Waals surface area contributed by atoms with E-state index in [-0.39, 0.29) is 5.75 Å². The standard InChI is InChI=1S/C11H11BrF3NO/c12-9-6-8(17-11(13,14)15)4-5-10(9)16-7-2-1-3-7/h4-7,16H,1-3H2. The molecule has 0 unspecified atom stereocenters. The molecule has 0 amide bonds. The lowest BCUT2D eigenvalue weighted by molar-refractivity contribution is -0.274. The van der Waals surface area contributed by atoms with E-state index in [2.05, 4.69) is 26.0 Å². The van der Waals surface area contributed by atoms with E-state index in [0.717, 1.165) is 18.5 Å². The minimum Gasteiger partial charge on any atom is -0.406 e. The molecule has 1 saturated carbocycles. The fourth-order valence-electron chi connectivity index (χ4n) is 1.58. The van der Waals surface area contributed by atoms with Crippen molar-refractivity contribution in [3.05, 3.63) is 22.7 Å². The molecule has 0 aromatic heterocycles. The first kappa shape index (κ1) is 12.5. The highest BCUT2D eigenvalue weighted by Gasteiger charge is 2.31. The molecule has 0 spiro atoms. The van der Waals surface area contributed by atoms with Crippen molar-refractivity contribution in [2.45, 2.75) is 31.7 Å². The van der Waals surface area contributed by atoms with Gasteiger partial charge < -0.3 is 10.1 Å². The van der Waals surface area contributed by atoms with Crippen LogP contribution in [0.5, 0.6) is 5.75 Å². The van der Waals surface area contributed by atoms with Crippen LogP contribution in [0.3, 0.4) is 0 Å².